The van der Waals surface area contributed by atoms with Gasteiger partial charge in [0.15, 0.2) is 11.5 Å². The van der Waals surface area contributed by atoms with Crippen molar-refractivity contribution in [3.8, 4) is 11.5 Å². The second-order valence-electron chi connectivity index (χ2n) is 4.97. The first-order valence-corrected chi connectivity index (χ1v) is 7.02. The Bertz CT molecular complexity index is 414. The van der Waals surface area contributed by atoms with Gasteiger partial charge in [0.25, 0.3) is 0 Å². The van der Waals surface area contributed by atoms with Gasteiger partial charge in [-0.2, -0.15) is 0 Å². The molecule has 0 amide bonds. The lowest BCUT2D eigenvalue weighted by Crippen LogP contribution is -2.21. The van der Waals surface area contributed by atoms with Gasteiger partial charge in [-0.25, -0.2) is 0 Å². The van der Waals surface area contributed by atoms with Gasteiger partial charge >= 0.3 is 0 Å². The molecule has 0 aromatic heterocycles. The summed E-state index contributed by atoms with van der Waals surface area (Å²) in [6.45, 7) is 3.43. The zero-order chi connectivity index (χ0) is 13.7. The summed E-state index contributed by atoms with van der Waals surface area (Å²) in [7, 11) is 0. The van der Waals surface area contributed by atoms with Crippen LogP contribution in [0.2, 0.25) is 0 Å². The van der Waals surface area contributed by atoms with Crippen LogP contribution in [-0.2, 0) is 5.60 Å². The first-order chi connectivity index (χ1) is 9.19. The van der Waals surface area contributed by atoms with Crippen LogP contribution in [0, 0.1) is 0 Å². The van der Waals surface area contributed by atoms with Crippen LogP contribution in [0.4, 0.5) is 0 Å². The van der Waals surface area contributed by atoms with Gasteiger partial charge < -0.3 is 20.3 Å². The molecule has 106 valence electrons. The van der Waals surface area contributed by atoms with Gasteiger partial charge in [0.1, 0.15) is 6.61 Å². The van der Waals surface area contributed by atoms with Crippen molar-refractivity contribution >= 4 is 0 Å². The number of hydrogen-bond acceptors (Lipinski definition) is 4. The third-order valence-corrected chi connectivity index (χ3v) is 3.59. The summed E-state index contributed by atoms with van der Waals surface area (Å²) >= 11 is 0. The second-order valence-corrected chi connectivity index (χ2v) is 4.97. The maximum atomic E-state index is 10.6. The van der Waals surface area contributed by atoms with Crippen molar-refractivity contribution in [2.24, 2.45) is 5.73 Å². The van der Waals surface area contributed by atoms with Crippen LogP contribution in [-0.4, -0.2) is 24.9 Å². The minimum atomic E-state index is -0.703. The lowest BCUT2D eigenvalue weighted by atomic mass is 9.92. The second kappa shape index (κ2) is 6.26. The zero-order valence-electron chi connectivity index (χ0n) is 11.5. The van der Waals surface area contributed by atoms with Crippen LogP contribution in [0.3, 0.4) is 0 Å². The van der Waals surface area contributed by atoms with Crippen LogP contribution in [0.1, 0.15) is 38.2 Å². The quantitative estimate of drug-likeness (QED) is 0.827. The van der Waals surface area contributed by atoms with Gasteiger partial charge in [-0.05, 0) is 37.5 Å². The molecule has 4 heteroatoms. The van der Waals surface area contributed by atoms with E-state index in [0.717, 1.165) is 31.2 Å². The van der Waals surface area contributed by atoms with E-state index in [-0.39, 0.29) is 0 Å². The molecule has 1 aromatic rings. The average molecular weight is 265 g/mol. The molecule has 3 N–H and O–H groups in total. The maximum Gasteiger partial charge on any atom is 0.161 e. The molecular weight excluding hydrogens is 242 g/mol. The fourth-order valence-corrected chi connectivity index (χ4v) is 2.60. The summed E-state index contributed by atoms with van der Waals surface area (Å²) in [4.78, 5) is 0. The van der Waals surface area contributed by atoms with Crippen molar-refractivity contribution in [2.75, 3.05) is 19.8 Å². The Morgan fingerprint density at radius 1 is 1.21 bits per heavy atom. The van der Waals surface area contributed by atoms with E-state index in [2.05, 4.69) is 0 Å². The van der Waals surface area contributed by atoms with Crippen molar-refractivity contribution in [1.29, 1.82) is 0 Å². The molecule has 0 aliphatic heterocycles. The highest BCUT2D eigenvalue weighted by Crippen LogP contribution is 2.41. The van der Waals surface area contributed by atoms with E-state index in [4.69, 9.17) is 15.2 Å². The molecule has 19 heavy (non-hydrogen) atoms. The van der Waals surface area contributed by atoms with Crippen LogP contribution < -0.4 is 15.2 Å². The third-order valence-electron chi connectivity index (χ3n) is 3.59. The lowest BCUT2D eigenvalue weighted by molar-refractivity contribution is 0.0441. The Kier molecular flexibility index (Phi) is 4.66. The van der Waals surface area contributed by atoms with Gasteiger partial charge in [-0.3, -0.25) is 0 Å². The third kappa shape index (κ3) is 3.19. The minimum Gasteiger partial charge on any atom is -0.490 e. The molecule has 0 bridgehead atoms. The van der Waals surface area contributed by atoms with Crippen LogP contribution >= 0.6 is 0 Å². The first kappa shape index (κ1) is 14.2. The molecule has 1 aliphatic rings. The smallest absolute Gasteiger partial charge is 0.161 e. The number of ether oxygens (including phenoxy) is 2. The SMILES string of the molecule is CCOc1ccc(C2(O)CCCC2)cc1OCCN. The molecule has 1 aliphatic carbocycles. The summed E-state index contributed by atoms with van der Waals surface area (Å²) in [5, 5.41) is 10.6. The van der Waals surface area contributed by atoms with Gasteiger partial charge in [0.2, 0.25) is 0 Å². The van der Waals surface area contributed by atoms with E-state index < -0.39 is 5.60 Å². The normalized spacial score (nSPS) is 17.4. The van der Waals surface area contributed by atoms with Crippen molar-refractivity contribution in [1.82, 2.24) is 0 Å². The maximum absolute atomic E-state index is 10.6. The first-order valence-electron chi connectivity index (χ1n) is 7.02. The molecule has 0 atom stereocenters. The Morgan fingerprint density at radius 3 is 2.58 bits per heavy atom. The van der Waals surface area contributed by atoms with Gasteiger partial charge in [0, 0.05) is 6.54 Å². The van der Waals surface area contributed by atoms with E-state index in [1.807, 2.05) is 25.1 Å². The Balaban J connectivity index is 2.26. The molecule has 4 nitrogen and oxygen atoms in total. The summed E-state index contributed by atoms with van der Waals surface area (Å²) in [6.07, 6.45) is 3.78. The van der Waals surface area contributed by atoms with Gasteiger partial charge in [-0.1, -0.05) is 18.9 Å². The predicted molar refractivity (Wildman–Crippen MR) is 74.5 cm³/mol. The monoisotopic (exact) mass is 265 g/mol. The van der Waals surface area contributed by atoms with E-state index in [0.29, 0.717) is 31.3 Å². The van der Waals surface area contributed by atoms with Crippen LogP contribution in [0.5, 0.6) is 11.5 Å². The average Bonchev–Trinajstić information content (AvgIpc) is 2.86. The van der Waals surface area contributed by atoms with Gasteiger partial charge in [-0.15, -0.1) is 0 Å². The molecule has 1 saturated carbocycles. The molecule has 0 radical (unpaired) electrons. The van der Waals surface area contributed by atoms with Gasteiger partial charge in [0.05, 0.1) is 12.2 Å². The molecule has 2 rings (SSSR count). The number of rotatable bonds is 6. The highest BCUT2D eigenvalue weighted by molar-refractivity contribution is 5.45. The van der Waals surface area contributed by atoms with E-state index in [1.165, 1.54) is 0 Å². The van der Waals surface area contributed by atoms with Crippen molar-refractivity contribution < 1.29 is 14.6 Å². The van der Waals surface area contributed by atoms with Crippen molar-refractivity contribution in [2.45, 2.75) is 38.2 Å². The summed E-state index contributed by atoms with van der Waals surface area (Å²) in [5.41, 5.74) is 5.69. The van der Waals surface area contributed by atoms with E-state index in [1.54, 1.807) is 0 Å². The number of benzene rings is 1. The molecular formula is C15H23NO3. The fourth-order valence-electron chi connectivity index (χ4n) is 2.60. The number of hydrogen-bond donors (Lipinski definition) is 2. The van der Waals surface area contributed by atoms with Crippen LogP contribution in [0.25, 0.3) is 0 Å². The summed E-state index contributed by atoms with van der Waals surface area (Å²) in [5.74, 6) is 1.38. The summed E-state index contributed by atoms with van der Waals surface area (Å²) < 4.78 is 11.2. The molecule has 1 fully saturated rings. The molecule has 0 unspecified atom stereocenters. The Morgan fingerprint density at radius 2 is 1.95 bits per heavy atom. The lowest BCUT2D eigenvalue weighted by Gasteiger charge is -2.24. The predicted octanol–water partition coefficient (Wildman–Crippen LogP) is 2.18. The molecule has 1 aromatic carbocycles. The summed E-state index contributed by atoms with van der Waals surface area (Å²) in [6, 6.07) is 5.71. The number of aliphatic hydroxyl groups is 1. The molecule has 0 heterocycles. The van der Waals surface area contributed by atoms with E-state index in [9.17, 15) is 5.11 Å². The fraction of sp³-hybridized carbons (Fsp3) is 0.600. The van der Waals surface area contributed by atoms with E-state index >= 15 is 0 Å². The zero-order valence-corrected chi connectivity index (χ0v) is 11.5. The minimum absolute atomic E-state index is 0.446. The van der Waals surface area contributed by atoms with Crippen molar-refractivity contribution in [3.63, 3.8) is 0 Å². The molecule has 0 spiro atoms. The van der Waals surface area contributed by atoms with Crippen LogP contribution in [0.15, 0.2) is 18.2 Å². The highest BCUT2D eigenvalue weighted by atomic mass is 16.5. The highest BCUT2D eigenvalue weighted by Gasteiger charge is 2.33. The Labute approximate surface area is 114 Å². The largest absolute Gasteiger partial charge is 0.490 e. The number of nitrogens with two attached hydrogens (primary N) is 1. The topological polar surface area (TPSA) is 64.7 Å². The Hall–Kier alpha value is -1.26. The van der Waals surface area contributed by atoms with Crippen molar-refractivity contribution in [3.05, 3.63) is 23.8 Å². The molecule has 0 saturated heterocycles. The standard InChI is InChI=1S/C15H23NO3/c1-2-18-13-6-5-12(11-14(13)19-10-9-16)15(17)7-3-4-8-15/h5-6,11,17H,2-4,7-10,16H2,1H3.